The molecule has 5 rings (SSSR count). The normalized spacial score (nSPS) is 16.1. The van der Waals surface area contributed by atoms with E-state index in [1.54, 1.807) is 0 Å². The fourth-order valence-corrected chi connectivity index (χ4v) is 4.70. The van der Waals surface area contributed by atoms with E-state index in [2.05, 4.69) is 15.1 Å². The van der Waals surface area contributed by atoms with E-state index in [4.69, 9.17) is 5.73 Å². The summed E-state index contributed by atoms with van der Waals surface area (Å²) in [4.78, 5) is 22.9. The number of nitrogens with one attached hydrogen (secondary N) is 1. The summed E-state index contributed by atoms with van der Waals surface area (Å²) in [6, 6.07) is 13.6. The van der Waals surface area contributed by atoms with E-state index in [1.807, 2.05) is 61.2 Å². The van der Waals surface area contributed by atoms with Crippen molar-refractivity contribution in [1.29, 1.82) is 0 Å². The molecular formula is C25H28F2N7O+. The van der Waals surface area contributed by atoms with Gasteiger partial charge in [-0.25, -0.2) is 18.6 Å². The highest BCUT2D eigenvalue weighted by Gasteiger charge is 2.34. The van der Waals surface area contributed by atoms with Gasteiger partial charge in [-0.2, -0.15) is 4.68 Å². The van der Waals surface area contributed by atoms with Crippen molar-refractivity contribution in [2.24, 2.45) is 0 Å². The zero-order chi connectivity index (χ0) is 24.7. The predicted molar refractivity (Wildman–Crippen MR) is 129 cm³/mol. The number of hydrogen-bond donors (Lipinski definition) is 1. The third-order valence-electron chi connectivity index (χ3n) is 6.46. The molecule has 1 fully saturated rings. The molecule has 3 N–H and O–H groups in total. The van der Waals surface area contributed by atoms with Crippen LogP contribution in [0.15, 0.2) is 47.3 Å². The Kier molecular flexibility index (Phi) is 5.84. The summed E-state index contributed by atoms with van der Waals surface area (Å²) in [6.45, 7) is 5.17. The number of nitrogens with zero attached hydrogens (tertiary/aromatic N) is 5. The first kappa shape index (κ1) is 23.1. The van der Waals surface area contributed by atoms with E-state index in [9.17, 15) is 13.6 Å². The molecule has 35 heavy (non-hydrogen) atoms. The molecule has 1 saturated heterocycles. The van der Waals surface area contributed by atoms with Gasteiger partial charge < -0.3 is 4.90 Å². The predicted octanol–water partition coefficient (Wildman–Crippen LogP) is 2.97. The van der Waals surface area contributed by atoms with Gasteiger partial charge >= 0.3 is 11.6 Å². The fraction of sp³-hybridized carbons (Fsp3) is 0.360. The van der Waals surface area contributed by atoms with Crippen molar-refractivity contribution in [2.75, 3.05) is 25.4 Å². The number of halogens is 2. The number of rotatable bonds is 5. The molecule has 10 heteroatoms. The molecule has 0 saturated carbocycles. The van der Waals surface area contributed by atoms with Crippen LogP contribution in [-0.2, 0) is 6.54 Å². The van der Waals surface area contributed by atoms with Gasteiger partial charge in [0.2, 0.25) is 5.65 Å². The molecule has 1 aliphatic rings. The van der Waals surface area contributed by atoms with Crippen molar-refractivity contribution in [1.82, 2.24) is 24.1 Å². The average Bonchev–Trinajstić information content (AvgIpc) is 3.14. The number of H-pyrrole nitrogens is 1. The number of nitrogen functional groups attached to an aromatic ring is 1. The van der Waals surface area contributed by atoms with Gasteiger partial charge in [0, 0.05) is 49.4 Å². The smallest absolute Gasteiger partial charge is 0.301 e. The Hall–Kier alpha value is -3.66. The van der Waals surface area contributed by atoms with Crippen molar-refractivity contribution < 1.29 is 13.8 Å². The van der Waals surface area contributed by atoms with Crippen LogP contribution >= 0.6 is 0 Å². The Morgan fingerprint density at radius 1 is 1.03 bits per heavy atom. The summed E-state index contributed by atoms with van der Waals surface area (Å²) in [7, 11) is 0. The third kappa shape index (κ3) is 4.53. The van der Waals surface area contributed by atoms with E-state index in [-0.39, 0.29) is 31.0 Å². The highest BCUT2D eigenvalue weighted by molar-refractivity contribution is 5.88. The zero-order valence-corrected chi connectivity index (χ0v) is 19.8. The Morgan fingerprint density at radius 2 is 1.69 bits per heavy atom. The monoisotopic (exact) mass is 480 g/mol. The zero-order valence-electron chi connectivity index (χ0n) is 19.8. The topological polar surface area (TPSA) is 95.6 Å². The summed E-state index contributed by atoms with van der Waals surface area (Å²) < 4.78 is 29.8. The van der Waals surface area contributed by atoms with Gasteiger partial charge in [-0.05, 0) is 31.5 Å². The maximum absolute atomic E-state index is 13.5. The first-order valence-electron chi connectivity index (χ1n) is 11.7. The number of fused-ring (bicyclic) bond motifs is 1. The number of anilines is 1. The highest BCUT2D eigenvalue weighted by Crippen LogP contribution is 2.33. The molecule has 1 aromatic carbocycles. The number of piperidine rings is 1. The molecule has 1 aliphatic heterocycles. The fourth-order valence-electron chi connectivity index (χ4n) is 4.70. The molecule has 4 heterocycles. The van der Waals surface area contributed by atoms with Gasteiger partial charge in [-0.15, -0.1) is 9.50 Å². The molecule has 0 spiro atoms. The average molecular weight is 481 g/mol. The number of aryl methyl sites for hydroxylation is 2. The van der Waals surface area contributed by atoms with Crippen molar-refractivity contribution in [3.05, 3.63) is 64.3 Å². The van der Waals surface area contributed by atoms with Crippen LogP contribution in [0.1, 0.15) is 24.2 Å². The standard InChI is InChI=1S/C25H27F2N7O/c1-16-14-19(15-17(2)29-16)20-21(18-6-4-3-5-7-18)30-23(28)34-22(20)31-33(24(34)35)13-12-32-10-8-25(26,27)9-11-32/h3-7,14-15H,8-13H2,1-2H3,(H2,28,30)/p+1. The number of benzene rings is 1. The number of aromatic nitrogens is 5. The number of hydrogen-bond acceptors (Lipinski definition) is 5. The van der Waals surface area contributed by atoms with Crippen LogP contribution in [0.2, 0.25) is 0 Å². The summed E-state index contributed by atoms with van der Waals surface area (Å²) in [5.41, 5.74) is 11.3. The van der Waals surface area contributed by atoms with Crippen molar-refractivity contribution in [3.8, 4) is 22.4 Å². The minimum Gasteiger partial charge on any atom is -0.301 e. The third-order valence-corrected chi connectivity index (χ3v) is 6.46. The highest BCUT2D eigenvalue weighted by atomic mass is 19.3. The van der Waals surface area contributed by atoms with E-state index in [0.717, 1.165) is 33.8 Å². The maximum Gasteiger partial charge on any atom is 0.411 e. The molecule has 0 radical (unpaired) electrons. The van der Waals surface area contributed by atoms with Crippen molar-refractivity contribution in [2.45, 2.75) is 39.2 Å². The van der Waals surface area contributed by atoms with Gasteiger partial charge in [0.25, 0.3) is 5.92 Å². The van der Waals surface area contributed by atoms with Crippen LogP contribution in [0.25, 0.3) is 28.0 Å². The molecule has 0 amide bonds. The van der Waals surface area contributed by atoms with Crippen LogP contribution in [0.3, 0.4) is 0 Å². The lowest BCUT2D eigenvalue weighted by Crippen LogP contribution is -2.41. The van der Waals surface area contributed by atoms with Crippen LogP contribution in [0.4, 0.5) is 14.7 Å². The summed E-state index contributed by atoms with van der Waals surface area (Å²) in [5, 5.41) is 4.68. The second-order valence-corrected chi connectivity index (χ2v) is 9.13. The first-order valence-corrected chi connectivity index (χ1v) is 11.7. The van der Waals surface area contributed by atoms with Crippen LogP contribution in [0, 0.1) is 13.8 Å². The summed E-state index contributed by atoms with van der Waals surface area (Å²) in [5.74, 6) is -2.44. The van der Waals surface area contributed by atoms with Gasteiger partial charge in [0.05, 0.1) is 12.1 Å². The van der Waals surface area contributed by atoms with E-state index in [0.29, 0.717) is 25.3 Å². The number of likely N-dealkylation sites (tertiary alicyclic amines) is 1. The number of alkyl halides is 2. The Labute approximate surface area is 201 Å². The van der Waals surface area contributed by atoms with Gasteiger partial charge in [0.1, 0.15) is 5.69 Å². The van der Waals surface area contributed by atoms with Crippen LogP contribution < -0.4 is 16.4 Å². The lowest BCUT2D eigenvalue weighted by molar-refractivity contribution is -0.351. The second kappa shape index (κ2) is 8.84. The van der Waals surface area contributed by atoms with E-state index in [1.165, 1.54) is 9.08 Å². The minimum atomic E-state index is -2.61. The molecule has 0 aliphatic carbocycles. The largest absolute Gasteiger partial charge is 0.411 e. The lowest BCUT2D eigenvalue weighted by Gasteiger charge is -2.31. The van der Waals surface area contributed by atoms with Gasteiger partial charge in [0.15, 0.2) is 0 Å². The second-order valence-electron chi connectivity index (χ2n) is 9.13. The SMILES string of the molecule is Cc1cc(-c2c(-c3ccccc3)[nH+]c(N)n3c(=O)n(CCN4CCC(F)(F)CC4)nc23)cc(C)n1. The molecular weight excluding hydrogens is 452 g/mol. The quantitative estimate of drug-likeness (QED) is 0.474. The molecule has 0 atom stereocenters. The van der Waals surface area contributed by atoms with Crippen molar-refractivity contribution >= 4 is 11.6 Å². The molecule has 182 valence electrons. The number of pyridine rings is 1. The van der Waals surface area contributed by atoms with Gasteiger partial charge in [-0.3, -0.25) is 10.7 Å². The Bertz CT molecular complexity index is 1420. The number of aromatic amines is 1. The molecule has 0 bridgehead atoms. The maximum atomic E-state index is 13.5. The van der Waals surface area contributed by atoms with E-state index < -0.39 is 5.92 Å². The molecule has 0 unspecified atom stereocenters. The number of nitrogens with two attached hydrogens (primary N) is 1. The molecule has 3 aromatic heterocycles. The lowest BCUT2D eigenvalue weighted by atomic mass is 9.99. The molecule has 4 aromatic rings. The van der Waals surface area contributed by atoms with E-state index >= 15 is 0 Å². The van der Waals surface area contributed by atoms with Crippen LogP contribution in [0.5, 0.6) is 0 Å². The van der Waals surface area contributed by atoms with Crippen molar-refractivity contribution in [3.63, 3.8) is 0 Å². The summed E-state index contributed by atoms with van der Waals surface area (Å²) in [6.07, 6.45) is -0.333. The van der Waals surface area contributed by atoms with Gasteiger partial charge in [-0.1, -0.05) is 30.3 Å². The first-order chi connectivity index (χ1) is 16.7. The Balaban J connectivity index is 1.62. The summed E-state index contributed by atoms with van der Waals surface area (Å²) >= 11 is 0. The Morgan fingerprint density at radius 3 is 2.34 bits per heavy atom. The van der Waals surface area contributed by atoms with Crippen LogP contribution in [-0.4, -0.2) is 49.6 Å². The molecule has 8 nitrogen and oxygen atoms in total. The minimum absolute atomic E-state index is 0.166.